The first-order valence-corrected chi connectivity index (χ1v) is 7.11. The molecule has 4 nitrogen and oxygen atoms in total. The Kier molecular flexibility index (Phi) is 3.33. The molecule has 0 atom stereocenters. The molecular formula is C17H19NO3. The summed E-state index contributed by atoms with van der Waals surface area (Å²) in [5.41, 5.74) is 1.95. The van der Waals surface area contributed by atoms with Crippen LogP contribution in [0.25, 0.3) is 0 Å². The number of carbonyl (C=O) groups is 1. The Morgan fingerprint density at radius 1 is 1.29 bits per heavy atom. The highest BCUT2D eigenvalue weighted by molar-refractivity contribution is 5.95. The summed E-state index contributed by atoms with van der Waals surface area (Å²) in [6.07, 6.45) is 1.15. The third kappa shape index (κ3) is 2.72. The highest BCUT2D eigenvalue weighted by Gasteiger charge is 2.35. The van der Waals surface area contributed by atoms with Crippen LogP contribution in [0.2, 0.25) is 0 Å². The Labute approximate surface area is 123 Å². The number of fused-ring (bicyclic) bond motifs is 1. The summed E-state index contributed by atoms with van der Waals surface area (Å²) in [4.78, 5) is 12.2. The maximum atomic E-state index is 12.2. The summed E-state index contributed by atoms with van der Waals surface area (Å²) in [6.45, 7) is 3.82. The summed E-state index contributed by atoms with van der Waals surface area (Å²) >= 11 is 0. The molecule has 1 heterocycles. The smallest absolute Gasteiger partial charge is 0.254 e. The Bertz CT molecular complexity index is 662. The van der Waals surface area contributed by atoms with Gasteiger partial charge in [0.15, 0.2) is 0 Å². The summed E-state index contributed by atoms with van der Waals surface area (Å²) in [5, 5.41) is 13.5. The maximum Gasteiger partial charge on any atom is 0.254 e. The second kappa shape index (κ2) is 5.04. The van der Waals surface area contributed by atoms with Crippen LogP contribution in [0.4, 0.5) is 0 Å². The van der Waals surface area contributed by atoms with Crippen molar-refractivity contribution in [1.29, 1.82) is 0 Å². The average molecular weight is 285 g/mol. The number of benzene rings is 1. The number of hydrogen-bond donors (Lipinski definition) is 2. The van der Waals surface area contributed by atoms with E-state index in [4.69, 9.17) is 4.42 Å². The predicted octanol–water partition coefficient (Wildman–Crippen LogP) is 2.16. The molecule has 1 aliphatic carbocycles. The molecule has 110 valence electrons. The van der Waals surface area contributed by atoms with Crippen molar-refractivity contribution in [3.05, 3.63) is 58.5 Å². The molecule has 0 spiro atoms. The fourth-order valence-electron chi connectivity index (χ4n) is 3.00. The van der Waals surface area contributed by atoms with Crippen molar-refractivity contribution >= 4 is 5.91 Å². The first-order valence-electron chi connectivity index (χ1n) is 7.11. The second-order valence-electron chi connectivity index (χ2n) is 5.86. The summed E-state index contributed by atoms with van der Waals surface area (Å²) in [6, 6.07) is 9.72. The minimum absolute atomic E-state index is 0.200. The highest BCUT2D eigenvalue weighted by atomic mass is 16.3. The zero-order chi connectivity index (χ0) is 15.0. The van der Waals surface area contributed by atoms with Crippen molar-refractivity contribution in [2.75, 3.05) is 6.54 Å². The molecule has 2 N–H and O–H groups in total. The van der Waals surface area contributed by atoms with Gasteiger partial charge in [0.1, 0.15) is 11.5 Å². The van der Waals surface area contributed by atoms with Gasteiger partial charge in [0.25, 0.3) is 5.91 Å². The standard InChI is InChI=1S/C17H19NO3/c1-11-7-15(12(2)21-11)16(19)18-10-17(20)8-13-5-3-4-6-14(13)9-17/h3-7,20H,8-10H2,1-2H3,(H,18,19). The van der Waals surface area contributed by atoms with E-state index in [0.29, 0.717) is 29.9 Å². The number of hydrogen-bond acceptors (Lipinski definition) is 3. The van der Waals surface area contributed by atoms with Crippen molar-refractivity contribution in [2.24, 2.45) is 0 Å². The van der Waals surface area contributed by atoms with Crippen LogP contribution in [-0.4, -0.2) is 23.2 Å². The normalized spacial score (nSPS) is 15.8. The molecule has 0 radical (unpaired) electrons. The quantitative estimate of drug-likeness (QED) is 0.908. The van der Waals surface area contributed by atoms with Gasteiger partial charge in [-0.25, -0.2) is 0 Å². The van der Waals surface area contributed by atoms with Crippen LogP contribution < -0.4 is 5.32 Å². The van der Waals surface area contributed by atoms with Crippen molar-refractivity contribution in [3.63, 3.8) is 0 Å². The second-order valence-corrected chi connectivity index (χ2v) is 5.86. The Hall–Kier alpha value is -2.07. The van der Waals surface area contributed by atoms with E-state index in [1.165, 1.54) is 0 Å². The van der Waals surface area contributed by atoms with Gasteiger partial charge >= 0.3 is 0 Å². The number of amides is 1. The molecule has 0 unspecified atom stereocenters. The number of rotatable bonds is 3. The third-order valence-electron chi connectivity index (χ3n) is 4.02. The largest absolute Gasteiger partial charge is 0.466 e. The van der Waals surface area contributed by atoms with E-state index in [9.17, 15) is 9.90 Å². The van der Waals surface area contributed by atoms with Crippen LogP contribution in [0, 0.1) is 13.8 Å². The fraction of sp³-hybridized carbons (Fsp3) is 0.353. The maximum absolute atomic E-state index is 12.2. The number of carbonyl (C=O) groups excluding carboxylic acids is 1. The minimum atomic E-state index is -0.897. The van der Waals surface area contributed by atoms with E-state index < -0.39 is 5.60 Å². The van der Waals surface area contributed by atoms with Gasteiger partial charge in [-0.2, -0.15) is 0 Å². The van der Waals surface area contributed by atoms with Crippen LogP contribution >= 0.6 is 0 Å². The van der Waals surface area contributed by atoms with Crippen LogP contribution in [0.3, 0.4) is 0 Å². The number of aliphatic hydroxyl groups is 1. The van der Waals surface area contributed by atoms with Gasteiger partial charge in [0.05, 0.1) is 11.2 Å². The van der Waals surface area contributed by atoms with Crippen molar-refractivity contribution in [2.45, 2.75) is 32.3 Å². The molecule has 1 aliphatic rings. The molecule has 1 amide bonds. The molecule has 1 aromatic heterocycles. The molecule has 0 saturated heterocycles. The van der Waals surface area contributed by atoms with E-state index in [1.807, 2.05) is 31.2 Å². The Morgan fingerprint density at radius 3 is 2.43 bits per heavy atom. The van der Waals surface area contributed by atoms with Crippen LogP contribution in [0.5, 0.6) is 0 Å². The van der Waals surface area contributed by atoms with Gasteiger partial charge in [0.2, 0.25) is 0 Å². The van der Waals surface area contributed by atoms with E-state index in [2.05, 4.69) is 5.32 Å². The highest BCUT2D eigenvalue weighted by Crippen LogP contribution is 2.29. The van der Waals surface area contributed by atoms with Crippen molar-refractivity contribution in [3.8, 4) is 0 Å². The van der Waals surface area contributed by atoms with E-state index in [-0.39, 0.29) is 12.5 Å². The Balaban J connectivity index is 1.66. The SMILES string of the molecule is Cc1cc(C(=O)NCC2(O)Cc3ccccc3C2)c(C)o1. The molecule has 0 aliphatic heterocycles. The topological polar surface area (TPSA) is 62.5 Å². The first kappa shape index (κ1) is 13.9. The lowest BCUT2D eigenvalue weighted by atomic mass is 10.0. The van der Waals surface area contributed by atoms with Crippen LogP contribution in [0.15, 0.2) is 34.7 Å². The zero-order valence-corrected chi connectivity index (χ0v) is 12.3. The predicted molar refractivity (Wildman–Crippen MR) is 79.3 cm³/mol. The van der Waals surface area contributed by atoms with Gasteiger partial charge in [-0.05, 0) is 31.0 Å². The van der Waals surface area contributed by atoms with E-state index in [0.717, 1.165) is 11.1 Å². The molecule has 1 aromatic carbocycles. The average Bonchev–Trinajstić information content (AvgIpc) is 2.95. The van der Waals surface area contributed by atoms with Crippen LogP contribution in [-0.2, 0) is 12.8 Å². The van der Waals surface area contributed by atoms with Crippen molar-refractivity contribution < 1.29 is 14.3 Å². The van der Waals surface area contributed by atoms with Gasteiger partial charge in [-0.3, -0.25) is 4.79 Å². The van der Waals surface area contributed by atoms with Crippen molar-refractivity contribution in [1.82, 2.24) is 5.32 Å². The molecule has 4 heteroatoms. The van der Waals surface area contributed by atoms with Gasteiger partial charge in [-0.15, -0.1) is 0 Å². The third-order valence-corrected chi connectivity index (χ3v) is 4.02. The molecule has 0 bridgehead atoms. The lowest BCUT2D eigenvalue weighted by molar-refractivity contribution is 0.0479. The molecule has 3 rings (SSSR count). The number of nitrogens with one attached hydrogen (secondary N) is 1. The number of furan rings is 1. The molecule has 2 aromatic rings. The lowest BCUT2D eigenvalue weighted by Gasteiger charge is -2.22. The lowest BCUT2D eigenvalue weighted by Crippen LogP contribution is -2.43. The summed E-state index contributed by atoms with van der Waals surface area (Å²) in [7, 11) is 0. The van der Waals surface area contributed by atoms with Crippen LogP contribution in [0.1, 0.15) is 33.0 Å². The summed E-state index contributed by atoms with van der Waals surface area (Å²) < 4.78 is 5.36. The molecule has 0 fully saturated rings. The molecular weight excluding hydrogens is 266 g/mol. The number of aryl methyl sites for hydroxylation is 2. The first-order chi connectivity index (χ1) is 9.97. The van der Waals surface area contributed by atoms with E-state index >= 15 is 0 Å². The van der Waals surface area contributed by atoms with E-state index in [1.54, 1.807) is 13.0 Å². The Morgan fingerprint density at radius 2 is 1.90 bits per heavy atom. The van der Waals surface area contributed by atoms with Gasteiger partial charge in [-0.1, -0.05) is 24.3 Å². The monoisotopic (exact) mass is 285 g/mol. The minimum Gasteiger partial charge on any atom is -0.466 e. The van der Waals surface area contributed by atoms with Gasteiger partial charge in [0, 0.05) is 19.4 Å². The fourth-order valence-corrected chi connectivity index (χ4v) is 3.00. The molecule has 21 heavy (non-hydrogen) atoms. The molecule has 0 saturated carbocycles. The zero-order valence-electron chi connectivity index (χ0n) is 12.3. The summed E-state index contributed by atoms with van der Waals surface area (Å²) in [5.74, 6) is 1.12. The van der Waals surface area contributed by atoms with Gasteiger partial charge < -0.3 is 14.8 Å².